The molecule has 2 atom stereocenters. The maximum Gasteiger partial charge on any atom is 0.232 e. The zero-order valence-corrected chi connectivity index (χ0v) is 13.1. The Balaban J connectivity index is 1.76. The van der Waals surface area contributed by atoms with Gasteiger partial charge >= 0.3 is 0 Å². The smallest absolute Gasteiger partial charge is 0.232 e. The molecule has 0 unspecified atom stereocenters. The molecule has 0 aromatic heterocycles. The van der Waals surface area contributed by atoms with Crippen LogP contribution in [-0.2, 0) is 15.6 Å². The van der Waals surface area contributed by atoms with E-state index in [1.54, 1.807) is 30.5 Å². The highest BCUT2D eigenvalue weighted by Crippen LogP contribution is 2.34. The molecule has 5 heteroatoms. The lowest BCUT2D eigenvalue weighted by Gasteiger charge is -2.25. The summed E-state index contributed by atoms with van der Waals surface area (Å²) in [4.78, 5) is 13.3. The molecule has 1 aliphatic heterocycles. The van der Waals surface area contributed by atoms with E-state index in [1.807, 2.05) is 24.3 Å². The fraction of sp³-hybridized carbons (Fsp3) is 0.235. The van der Waals surface area contributed by atoms with Crippen LogP contribution in [0, 0.1) is 0 Å². The van der Waals surface area contributed by atoms with Crippen molar-refractivity contribution < 1.29 is 13.7 Å². The van der Waals surface area contributed by atoms with Crippen LogP contribution >= 0.6 is 0 Å². The Hall–Kier alpha value is -2.14. The standard InChI is InChI=1S/C17H17NO3S/c1-22(20)13-8-6-12(7-9-13)18-17(19)15-10-11-21-16-5-3-2-4-14(15)16/h2-9,15H,10-11H2,1H3,(H,18,19)/t15-,22+/m1/s1. The highest BCUT2D eigenvalue weighted by atomic mass is 32.2. The van der Waals surface area contributed by atoms with Crippen molar-refractivity contribution in [3.63, 3.8) is 0 Å². The van der Waals surface area contributed by atoms with E-state index in [0.717, 1.165) is 16.2 Å². The Bertz CT molecular complexity index is 712. The normalized spacial score (nSPS) is 18.0. The van der Waals surface area contributed by atoms with E-state index in [1.165, 1.54) is 0 Å². The van der Waals surface area contributed by atoms with Gasteiger partial charge in [0.1, 0.15) is 5.75 Å². The van der Waals surface area contributed by atoms with E-state index in [4.69, 9.17) is 4.74 Å². The molecule has 0 saturated carbocycles. The van der Waals surface area contributed by atoms with Gasteiger partial charge in [-0.15, -0.1) is 0 Å². The number of para-hydroxylation sites is 1. The number of anilines is 1. The van der Waals surface area contributed by atoms with Gasteiger partial charge in [-0.05, 0) is 36.8 Å². The second-order valence-corrected chi connectivity index (χ2v) is 6.57. The lowest BCUT2D eigenvalue weighted by molar-refractivity contribution is -0.118. The van der Waals surface area contributed by atoms with Gasteiger partial charge in [0.25, 0.3) is 0 Å². The van der Waals surface area contributed by atoms with Gasteiger partial charge in [0, 0.05) is 33.2 Å². The first-order chi connectivity index (χ1) is 10.6. The minimum absolute atomic E-state index is 0.0406. The molecule has 114 valence electrons. The molecule has 4 nitrogen and oxygen atoms in total. The van der Waals surface area contributed by atoms with E-state index >= 15 is 0 Å². The van der Waals surface area contributed by atoms with Gasteiger partial charge < -0.3 is 10.1 Å². The third kappa shape index (κ3) is 3.04. The van der Waals surface area contributed by atoms with Crippen LogP contribution in [-0.4, -0.2) is 23.0 Å². The number of carbonyl (C=O) groups excluding carboxylic acids is 1. The summed E-state index contributed by atoms with van der Waals surface area (Å²) in [7, 11) is -1.01. The lowest BCUT2D eigenvalue weighted by Crippen LogP contribution is -2.26. The molecule has 1 aliphatic rings. The molecule has 1 amide bonds. The number of nitrogens with one attached hydrogen (secondary N) is 1. The number of hydrogen-bond donors (Lipinski definition) is 1. The van der Waals surface area contributed by atoms with Gasteiger partial charge in [-0.2, -0.15) is 0 Å². The van der Waals surface area contributed by atoms with Crippen LogP contribution in [0.4, 0.5) is 5.69 Å². The molecule has 0 fully saturated rings. The van der Waals surface area contributed by atoms with Gasteiger partial charge in [-0.1, -0.05) is 18.2 Å². The average molecular weight is 315 g/mol. The third-order valence-corrected chi connectivity index (χ3v) is 4.66. The molecular formula is C17H17NO3S. The second kappa shape index (κ2) is 6.32. The minimum atomic E-state index is -1.01. The summed E-state index contributed by atoms with van der Waals surface area (Å²) < 4.78 is 17.0. The summed E-state index contributed by atoms with van der Waals surface area (Å²) in [5.74, 6) is 0.539. The molecule has 0 aliphatic carbocycles. The first-order valence-electron chi connectivity index (χ1n) is 7.11. The van der Waals surface area contributed by atoms with Crippen LogP contribution in [0.15, 0.2) is 53.4 Å². The van der Waals surface area contributed by atoms with Gasteiger partial charge in [0.15, 0.2) is 0 Å². The van der Waals surface area contributed by atoms with Gasteiger partial charge in [-0.3, -0.25) is 9.00 Å². The van der Waals surface area contributed by atoms with E-state index in [9.17, 15) is 9.00 Å². The van der Waals surface area contributed by atoms with E-state index in [0.29, 0.717) is 18.7 Å². The predicted molar refractivity (Wildman–Crippen MR) is 86.7 cm³/mol. The first-order valence-corrected chi connectivity index (χ1v) is 8.67. The molecule has 2 aromatic rings. The minimum Gasteiger partial charge on any atom is -0.493 e. The Morgan fingerprint density at radius 3 is 2.64 bits per heavy atom. The summed E-state index contributed by atoms with van der Waals surface area (Å²) in [5.41, 5.74) is 1.64. The van der Waals surface area contributed by atoms with Crippen LogP contribution in [0.1, 0.15) is 17.9 Å². The highest BCUT2D eigenvalue weighted by Gasteiger charge is 2.27. The SMILES string of the molecule is C[S@](=O)c1ccc(NC(=O)[C@@H]2CCOc3ccccc32)cc1. The molecule has 0 radical (unpaired) electrons. The van der Waals surface area contributed by atoms with Crippen molar-refractivity contribution in [2.24, 2.45) is 0 Å². The van der Waals surface area contributed by atoms with Crippen molar-refractivity contribution in [2.45, 2.75) is 17.2 Å². The summed E-state index contributed by atoms with van der Waals surface area (Å²) in [6.45, 7) is 0.544. The average Bonchev–Trinajstić information content (AvgIpc) is 2.54. The molecule has 3 rings (SSSR count). The number of ether oxygens (including phenoxy) is 1. The van der Waals surface area contributed by atoms with E-state index < -0.39 is 10.8 Å². The molecule has 0 spiro atoms. The van der Waals surface area contributed by atoms with Crippen LogP contribution in [0.25, 0.3) is 0 Å². The Kier molecular flexibility index (Phi) is 4.24. The van der Waals surface area contributed by atoms with Crippen LogP contribution < -0.4 is 10.1 Å². The summed E-state index contributed by atoms with van der Waals surface area (Å²) in [5, 5.41) is 2.93. The zero-order chi connectivity index (χ0) is 15.5. The summed E-state index contributed by atoms with van der Waals surface area (Å²) in [6.07, 6.45) is 2.30. The molecule has 22 heavy (non-hydrogen) atoms. The molecule has 1 N–H and O–H groups in total. The Morgan fingerprint density at radius 1 is 1.18 bits per heavy atom. The summed E-state index contributed by atoms with van der Waals surface area (Å²) >= 11 is 0. The quantitative estimate of drug-likeness (QED) is 0.947. The van der Waals surface area contributed by atoms with Crippen molar-refractivity contribution in [1.82, 2.24) is 0 Å². The van der Waals surface area contributed by atoms with Crippen molar-refractivity contribution in [3.05, 3.63) is 54.1 Å². The number of amides is 1. The zero-order valence-electron chi connectivity index (χ0n) is 12.2. The van der Waals surface area contributed by atoms with Crippen molar-refractivity contribution >= 4 is 22.4 Å². The molecular weight excluding hydrogens is 298 g/mol. The Labute approximate surface area is 132 Å². The predicted octanol–water partition coefficient (Wildman–Crippen LogP) is 2.93. The molecule has 1 heterocycles. The van der Waals surface area contributed by atoms with Crippen LogP contribution in [0.5, 0.6) is 5.75 Å². The number of carbonyl (C=O) groups is 1. The fourth-order valence-corrected chi connectivity index (χ4v) is 3.09. The monoisotopic (exact) mass is 315 g/mol. The number of benzene rings is 2. The topological polar surface area (TPSA) is 55.4 Å². The van der Waals surface area contributed by atoms with Crippen molar-refractivity contribution in [2.75, 3.05) is 18.2 Å². The molecule has 0 bridgehead atoms. The molecule has 2 aromatic carbocycles. The molecule has 0 saturated heterocycles. The Morgan fingerprint density at radius 2 is 1.91 bits per heavy atom. The third-order valence-electron chi connectivity index (χ3n) is 3.73. The van der Waals surface area contributed by atoms with E-state index in [2.05, 4.69) is 5.32 Å². The highest BCUT2D eigenvalue weighted by molar-refractivity contribution is 7.84. The maximum absolute atomic E-state index is 12.5. The largest absolute Gasteiger partial charge is 0.493 e. The van der Waals surface area contributed by atoms with Crippen LogP contribution in [0.3, 0.4) is 0 Å². The summed E-state index contributed by atoms with van der Waals surface area (Å²) in [6, 6.07) is 14.7. The van der Waals surface area contributed by atoms with Gasteiger partial charge in [0.05, 0.1) is 12.5 Å². The number of hydrogen-bond acceptors (Lipinski definition) is 3. The van der Waals surface area contributed by atoms with Crippen molar-refractivity contribution in [1.29, 1.82) is 0 Å². The lowest BCUT2D eigenvalue weighted by atomic mass is 9.92. The first kappa shape index (κ1) is 14.8. The van der Waals surface area contributed by atoms with Crippen LogP contribution in [0.2, 0.25) is 0 Å². The van der Waals surface area contributed by atoms with Gasteiger partial charge in [0.2, 0.25) is 5.91 Å². The van der Waals surface area contributed by atoms with Crippen molar-refractivity contribution in [3.8, 4) is 5.75 Å². The van der Waals surface area contributed by atoms with E-state index in [-0.39, 0.29) is 11.8 Å². The fourth-order valence-electron chi connectivity index (χ4n) is 2.57. The maximum atomic E-state index is 12.5. The number of fused-ring (bicyclic) bond motifs is 1. The second-order valence-electron chi connectivity index (χ2n) is 5.20. The number of rotatable bonds is 3. The van der Waals surface area contributed by atoms with Gasteiger partial charge in [-0.25, -0.2) is 0 Å².